The lowest BCUT2D eigenvalue weighted by Crippen LogP contribution is -2.55. The number of oxime groups is 1. The average molecular weight is 598 g/mol. The van der Waals surface area contributed by atoms with Crippen LogP contribution in [0.15, 0.2) is 16.8 Å². The predicted octanol–water partition coefficient (Wildman–Crippen LogP) is 4.44. The second-order valence-corrected chi connectivity index (χ2v) is 14.4. The Morgan fingerprint density at radius 1 is 1.07 bits per heavy atom. The number of nitrogens with zero attached hydrogens (tertiary/aromatic N) is 1. The average Bonchev–Trinajstić information content (AvgIpc) is 3.24. The van der Waals surface area contributed by atoms with Crippen molar-refractivity contribution in [2.24, 2.45) is 45.6 Å². The van der Waals surface area contributed by atoms with Crippen LogP contribution in [0.5, 0.6) is 0 Å². The molecule has 3 fully saturated rings. The topological polar surface area (TPSA) is 137 Å². The number of hydrogen-bond acceptors (Lipinski definition) is 6. The summed E-state index contributed by atoms with van der Waals surface area (Å²) >= 11 is 0. The maximum atomic E-state index is 12.9. The van der Waals surface area contributed by atoms with Gasteiger partial charge >= 0.3 is 5.97 Å². The quantitative estimate of drug-likeness (QED) is 0.217. The van der Waals surface area contributed by atoms with Crippen molar-refractivity contribution in [3.05, 3.63) is 11.6 Å². The van der Waals surface area contributed by atoms with Crippen molar-refractivity contribution < 1.29 is 29.4 Å². The standard InChI is InChI=1S/C34H51N3O6/c1-8-21(5)29(31(40)41)36-30(39)28(20(3)4)35-27(38)19-43-37-23-12-15-32(6)22(18-23)10-11-24-25(32)13-16-33(7)26(24)14-17-34(33,42)9-2/h2,18,20-21,24-26,28-29,42H,8,10-17,19H2,1,3-7H3,(H,35,38)(H,36,39)(H,40,41)/b37-23+/t21-,24+,25+,26+,28+,29-,32-,33-,34+/m0/s1. The second kappa shape index (κ2) is 12.6. The third-order valence-electron chi connectivity index (χ3n) is 11.8. The van der Waals surface area contributed by atoms with Crippen LogP contribution in [-0.2, 0) is 19.2 Å². The van der Waals surface area contributed by atoms with Crippen molar-refractivity contribution in [1.29, 1.82) is 0 Å². The van der Waals surface area contributed by atoms with Gasteiger partial charge in [0.25, 0.3) is 5.91 Å². The van der Waals surface area contributed by atoms with E-state index in [4.69, 9.17) is 11.3 Å². The molecule has 3 saturated carbocycles. The van der Waals surface area contributed by atoms with Crippen molar-refractivity contribution in [2.45, 2.75) is 117 Å². The number of aliphatic carboxylic acids is 1. The van der Waals surface area contributed by atoms with Gasteiger partial charge in [0.15, 0.2) is 6.61 Å². The third-order valence-corrected chi connectivity index (χ3v) is 11.8. The first-order valence-electron chi connectivity index (χ1n) is 16.1. The molecule has 238 valence electrons. The van der Waals surface area contributed by atoms with E-state index in [0.717, 1.165) is 50.7 Å². The lowest BCUT2D eigenvalue weighted by atomic mass is 9.46. The molecule has 43 heavy (non-hydrogen) atoms. The zero-order chi connectivity index (χ0) is 31.7. The van der Waals surface area contributed by atoms with Gasteiger partial charge in [-0.3, -0.25) is 9.59 Å². The van der Waals surface area contributed by atoms with Crippen LogP contribution < -0.4 is 10.6 Å². The SMILES string of the molecule is C#C[C@@]1(O)CC[C@@H]2[C@@H]3CCC4=C/C(=N/OCC(=O)N[C@@H](C(=O)N[C@H](C(=O)O)[C@@H](C)CC)C(C)C)CC[C@]4(C)[C@@H]3CC[C@@]21C. The fourth-order valence-corrected chi connectivity index (χ4v) is 8.75. The van der Waals surface area contributed by atoms with Crippen LogP contribution in [0.4, 0.5) is 0 Å². The number of terminal acetylenes is 1. The highest BCUT2D eigenvalue weighted by molar-refractivity contribution is 5.96. The van der Waals surface area contributed by atoms with E-state index < -0.39 is 35.5 Å². The van der Waals surface area contributed by atoms with Crippen molar-refractivity contribution >= 4 is 23.5 Å². The monoisotopic (exact) mass is 597 g/mol. The summed E-state index contributed by atoms with van der Waals surface area (Å²) in [6.45, 7) is 11.5. The summed E-state index contributed by atoms with van der Waals surface area (Å²) in [7, 11) is 0. The summed E-state index contributed by atoms with van der Waals surface area (Å²) < 4.78 is 0. The van der Waals surface area contributed by atoms with Gasteiger partial charge in [-0.25, -0.2) is 4.79 Å². The summed E-state index contributed by atoms with van der Waals surface area (Å²) in [6.07, 6.45) is 16.1. The van der Waals surface area contributed by atoms with Crippen molar-refractivity contribution in [3.8, 4) is 12.3 Å². The lowest BCUT2D eigenvalue weighted by Gasteiger charge is -2.58. The molecular formula is C34H51N3O6. The van der Waals surface area contributed by atoms with Crippen LogP contribution >= 0.6 is 0 Å². The zero-order valence-electron chi connectivity index (χ0n) is 26.7. The van der Waals surface area contributed by atoms with E-state index in [1.165, 1.54) is 5.57 Å². The Hall–Kier alpha value is -2.86. The van der Waals surface area contributed by atoms with Gasteiger partial charge in [0.05, 0.1) is 5.71 Å². The number of aliphatic hydroxyl groups is 1. The Bertz CT molecular complexity index is 1200. The number of rotatable bonds is 10. The summed E-state index contributed by atoms with van der Waals surface area (Å²) in [4.78, 5) is 42.7. The number of nitrogens with one attached hydrogen (secondary N) is 2. The van der Waals surface area contributed by atoms with E-state index in [2.05, 4.69) is 41.6 Å². The minimum absolute atomic E-state index is 0.0818. The first kappa shape index (κ1) is 33.0. The number of carboxylic acids is 1. The molecule has 9 nitrogen and oxygen atoms in total. The third kappa shape index (κ3) is 6.09. The number of carboxylic acid groups (broad SMARTS) is 1. The number of allylic oxidation sites excluding steroid dienone is 2. The summed E-state index contributed by atoms with van der Waals surface area (Å²) in [5.74, 6) is 1.70. The van der Waals surface area contributed by atoms with E-state index in [1.54, 1.807) is 20.8 Å². The fourth-order valence-electron chi connectivity index (χ4n) is 8.75. The highest BCUT2D eigenvalue weighted by Gasteiger charge is 2.63. The molecule has 0 spiro atoms. The van der Waals surface area contributed by atoms with E-state index in [-0.39, 0.29) is 29.3 Å². The molecule has 0 aromatic rings. The van der Waals surface area contributed by atoms with E-state index >= 15 is 0 Å². The van der Waals surface area contributed by atoms with E-state index in [9.17, 15) is 24.6 Å². The highest BCUT2D eigenvalue weighted by atomic mass is 16.6. The summed E-state index contributed by atoms with van der Waals surface area (Å²) in [5, 5.41) is 30.3. The molecule has 0 unspecified atom stereocenters. The number of fused-ring (bicyclic) bond motifs is 5. The first-order valence-corrected chi connectivity index (χ1v) is 16.1. The predicted molar refractivity (Wildman–Crippen MR) is 165 cm³/mol. The maximum absolute atomic E-state index is 12.9. The zero-order valence-corrected chi connectivity index (χ0v) is 26.7. The summed E-state index contributed by atoms with van der Waals surface area (Å²) in [5.41, 5.74) is 1.09. The molecule has 0 heterocycles. The van der Waals surface area contributed by atoms with Gasteiger partial charge in [0.1, 0.15) is 17.7 Å². The van der Waals surface area contributed by atoms with Gasteiger partial charge in [0, 0.05) is 5.41 Å². The molecule has 9 atom stereocenters. The molecule has 0 aliphatic heterocycles. The number of amides is 2. The fraction of sp³-hybridized carbons (Fsp3) is 0.765. The number of hydrogen-bond donors (Lipinski definition) is 4. The van der Waals surface area contributed by atoms with Crippen LogP contribution in [0.3, 0.4) is 0 Å². The molecule has 4 rings (SSSR count). The van der Waals surface area contributed by atoms with Gasteiger partial charge < -0.3 is 25.7 Å². The van der Waals surface area contributed by atoms with Gasteiger partial charge in [-0.05, 0) is 92.4 Å². The largest absolute Gasteiger partial charge is 0.480 e. The Kier molecular flexibility index (Phi) is 9.71. The molecule has 0 saturated heterocycles. The second-order valence-electron chi connectivity index (χ2n) is 14.4. The number of carbonyl (C=O) groups excluding carboxylic acids is 2. The molecule has 0 aromatic heterocycles. The molecule has 0 bridgehead atoms. The van der Waals surface area contributed by atoms with E-state index in [0.29, 0.717) is 30.6 Å². The van der Waals surface area contributed by atoms with Crippen LogP contribution in [0.25, 0.3) is 0 Å². The minimum Gasteiger partial charge on any atom is -0.480 e. The Morgan fingerprint density at radius 2 is 1.77 bits per heavy atom. The number of carbonyl (C=O) groups is 3. The van der Waals surface area contributed by atoms with E-state index in [1.807, 2.05) is 6.92 Å². The molecule has 4 N–H and O–H groups in total. The normalized spacial score (nSPS) is 36.2. The van der Waals surface area contributed by atoms with Crippen LogP contribution in [-0.4, -0.2) is 58.0 Å². The lowest BCUT2D eigenvalue weighted by molar-refractivity contribution is -0.144. The maximum Gasteiger partial charge on any atom is 0.326 e. The molecule has 0 aromatic carbocycles. The molecule has 9 heteroatoms. The molecular weight excluding hydrogens is 546 g/mol. The minimum atomic E-state index is -1.10. The molecule has 4 aliphatic carbocycles. The van der Waals surface area contributed by atoms with Crippen LogP contribution in [0.2, 0.25) is 0 Å². The Balaban J connectivity index is 1.35. The van der Waals surface area contributed by atoms with Crippen molar-refractivity contribution in [3.63, 3.8) is 0 Å². The van der Waals surface area contributed by atoms with Crippen molar-refractivity contribution in [1.82, 2.24) is 10.6 Å². The van der Waals surface area contributed by atoms with Crippen LogP contribution in [0, 0.1) is 52.8 Å². The van der Waals surface area contributed by atoms with Gasteiger partial charge in [-0.2, -0.15) is 0 Å². The molecule has 0 radical (unpaired) electrons. The molecule has 4 aliphatic rings. The Morgan fingerprint density at radius 3 is 2.40 bits per heavy atom. The smallest absolute Gasteiger partial charge is 0.326 e. The molecule has 2 amide bonds. The van der Waals surface area contributed by atoms with Gasteiger partial charge in [-0.1, -0.05) is 64.6 Å². The van der Waals surface area contributed by atoms with Gasteiger partial charge in [-0.15, -0.1) is 6.42 Å². The summed E-state index contributed by atoms with van der Waals surface area (Å²) in [6, 6.07) is -1.92. The first-order chi connectivity index (χ1) is 20.2. The van der Waals surface area contributed by atoms with Crippen LogP contribution in [0.1, 0.15) is 99.3 Å². The van der Waals surface area contributed by atoms with Crippen molar-refractivity contribution in [2.75, 3.05) is 6.61 Å². The highest BCUT2D eigenvalue weighted by Crippen LogP contribution is 2.67. The Labute approximate surface area is 256 Å². The van der Waals surface area contributed by atoms with Gasteiger partial charge in [0.2, 0.25) is 5.91 Å².